The second-order valence-electron chi connectivity index (χ2n) is 7.66. The molecule has 5 heteroatoms. The Morgan fingerprint density at radius 1 is 1.19 bits per heavy atom. The van der Waals surface area contributed by atoms with Crippen LogP contribution in [-0.4, -0.2) is 60.0 Å². The second kappa shape index (κ2) is 8.26. The van der Waals surface area contributed by atoms with Crippen molar-refractivity contribution in [3.05, 3.63) is 48.6 Å². The average molecular weight is 370 g/mol. The number of hydrogen-bond donors (Lipinski definition) is 0. The largest absolute Gasteiger partial charge is 0.372 e. The highest BCUT2D eigenvalue weighted by molar-refractivity contribution is 5.90. The Morgan fingerprint density at radius 3 is 2.44 bits per heavy atom. The van der Waals surface area contributed by atoms with E-state index in [1.165, 1.54) is 6.08 Å². The molecule has 0 radical (unpaired) electrons. The van der Waals surface area contributed by atoms with Gasteiger partial charge in [0.25, 0.3) is 0 Å². The van der Waals surface area contributed by atoms with E-state index < -0.39 is 5.41 Å². The number of hydrogen-bond acceptors (Lipinski definition) is 3. The standard InChI is InChI=1S/C22H30N2O3/c1-4-19-16-24(15-17(3)27-19)21(26)22(18-9-7-6-8-10-18)11-13-23(14-12-22)20(25)5-2/h5-10,17,19H,2,4,11-16H2,1,3H3. The van der Waals surface area contributed by atoms with Crippen molar-refractivity contribution in [3.63, 3.8) is 0 Å². The summed E-state index contributed by atoms with van der Waals surface area (Å²) in [6.45, 7) is 10.1. The lowest BCUT2D eigenvalue weighted by molar-refractivity contribution is -0.153. The minimum Gasteiger partial charge on any atom is -0.372 e. The maximum absolute atomic E-state index is 13.8. The lowest BCUT2D eigenvalue weighted by Crippen LogP contribution is -2.58. The van der Waals surface area contributed by atoms with Crippen molar-refractivity contribution in [1.82, 2.24) is 9.80 Å². The number of rotatable bonds is 4. The summed E-state index contributed by atoms with van der Waals surface area (Å²) in [5.41, 5.74) is 0.474. The van der Waals surface area contributed by atoms with E-state index in [1.54, 1.807) is 4.90 Å². The van der Waals surface area contributed by atoms with E-state index in [1.807, 2.05) is 42.2 Å². The summed E-state index contributed by atoms with van der Waals surface area (Å²) >= 11 is 0. The summed E-state index contributed by atoms with van der Waals surface area (Å²) in [5.74, 6) is 0.114. The number of amides is 2. The maximum Gasteiger partial charge on any atom is 0.245 e. The van der Waals surface area contributed by atoms with Crippen LogP contribution in [0.4, 0.5) is 0 Å². The fourth-order valence-corrected chi connectivity index (χ4v) is 4.36. The van der Waals surface area contributed by atoms with Gasteiger partial charge in [0.1, 0.15) is 0 Å². The van der Waals surface area contributed by atoms with E-state index >= 15 is 0 Å². The monoisotopic (exact) mass is 370 g/mol. The first-order valence-corrected chi connectivity index (χ1v) is 9.92. The zero-order chi connectivity index (χ0) is 19.4. The van der Waals surface area contributed by atoms with Gasteiger partial charge in [0.15, 0.2) is 0 Å². The van der Waals surface area contributed by atoms with Crippen LogP contribution in [0.15, 0.2) is 43.0 Å². The summed E-state index contributed by atoms with van der Waals surface area (Å²) in [4.78, 5) is 29.6. The van der Waals surface area contributed by atoms with Gasteiger partial charge in [-0.05, 0) is 37.8 Å². The lowest BCUT2D eigenvalue weighted by atomic mass is 9.71. The normalized spacial score (nSPS) is 25.1. The molecule has 27 heavy (non-hydrogen) atoms. The number of piperidine rings is 1. The third-order valence-electron chi connectivity index (χ3n) is 5.91. The van der Waals surface area contributed by atoms with E-state index in [0.717, 1.165) is 12.0 Å². The summed E-state index contributed by atoms with van der Waals surface area (Å²) < 4.78 is 5.95. The quantitative estimate of drug-likeness (QED) is 0.766. The number of carbonyl (C=O) groups excluding carboxylic acids is 2. The molecule has 2 saturated heterocycles. The van der Waals surface area contributed by atoms with Gasteiger partial charge in [-0.1, -0.05) is 43.8 Å². The average Bonchev–Trinajstić information content (AvgIpc) is 2.72. The topological polar surface area (TPSA) is 49.9 Å². The Bertz CT molecular complexity index is 680. The minimum absolute atomic E-state index is 0.0444. The Labute approximate surface area is 162 Å². The maximum atomic E-state index is 13.8. The number of nitrogens with zero attached hydrogens (tertiary/aromatic N) is 2. The Kier molecular flexibility index (Phi) is 6.00. The summed E-state index contributed by atoms with van der Waals surface area (Å²) in [7, 11) is 0. The van der Waals surface area contributed by atoms with Crippen molar-refractivity contribution in [2.75, 3.05) is 26.2 Å². The molecule has 2 aliphatic rings. The molecule has 2 heterocycles. The molecule has 2 fully saturated rings. The molecule has 2 unspecified atom stereocenters. The fraction of sp³-hybridized carbons (Fsp3) is 0.545. The van der Waals surface area contributed by atoms with Gasteiger partial charge >= 0.3 is 0 Å². The number of ether oxygens (including phenoxy) is 1. The number of benzene rings is 1. The molecule has 0 aliphatic carbocycles. The van der Waals surface area contributed by atoms with Gasteiger partial charge in [-0.3, -0.25) is 9.59 Å². The fourth-order valence-electron chi connectivity index (χ4n) is 4.36. The predicted molar refractivity (Wildman–Crippen MR) is 105 cm³/mol. The smallest absolute Gasteiger partial charge is 0.245 e. The number of morpholine rings is 1. The van der Waals surface area contributed by atoms with Crippen molar-refractivity contribution in [2.45, 2.75) is 50.7 Å². The molecule has 146 valence electrons. The first-order chi connectivity index (χ1) is 13.0. The summed E-state index contributed by atoms with van der Waals surface area (Å²) in [5, 5.41) is 0. The summed E-state index contributed by atoms with van der Waals surface area (Å²) in [6, 6.07) is 10.0. The van der Waals surface area contributed by atoms with E-state index in [9.17, 15) is 9.59 Å². The second-order valence-corrected chi connectivity index (χ2v) is 7.66. The molecule has 0 saturated carbocycles. The van der Waals surface area contributed by atoms with E-state index in [-0.39, 0.29) is 24.0 Å². The highest BCUT2D eigenvalue weighted by Crippen LogP contribution is 2.38. The SMILES string of the molecule is C=CC(=O)N1CCC(C(=O)N2CC(C)OC(CC)C2)(c2ccccc2)CC1. The van der Waals surface area contributed by atoms with E-state index in [0.29, 0.717) is 39.0 Å². The van der Waals surface area contributed by atoms with Gasteiger partial charge in [0, 0.05) is 26.2 Å². The first-order valence-electron chi connectivity index (χ1n) is 9.92. The van der Waals surface area contributed by atoms with Crippen molar-refractivity contribution >= 4 is 11.8 Å². The molecule has 0 spiro atoms. The molecule has 5 nitrogen and oxygen atoms in total. The highest BCUT2D eigenvalue weighted by Gasteiger charge is 2.46. The van der Waals surface area contributed by atoms with Gasteiger partial charge < -0.3 is 14.5 Å². The van der Waals surface area contributed by atoms with Gasteiger partial charge in [-0.15, -0.1) is 0 Å². The molecule has 0 aromatic heterocycles. The third kappa shape index (κ3) is 3.93. The molecule has 0 bridgehead atoms. The molecule has 1 aromatic carbocycles. The van der Waals surface area contributed by atoms with E-state index in [4.69, 9.17) is 4.74 Å². The molecule has 2 amide bonds. The van der Waals surface area contributed by atoms with Gasteiger partial charge in [0.2, 0.25) is 11.8 Å². The zero-order valence-corrected chi connectivity index (χ0v) is 16.4. The Balaban J connectivity index is 1.88. The van der Waals surface area contributed by atoms with Crippen molar-refractivity contribution < 1.29 is 14.3 Å². The van der Waals surface area contributed by atoms with Crippen LogP contribution in [0.1, 0.15) is 38.7 Å². The van der Waals surface area contributed by atoms with Gasteiger partial charge in [-0.2, -0.15) is 0 Å². The zero-order valence-electron chi connectivity index (χ0n) is 16.4. The first kappa shape index (κ1) is 19.6. The van der Waals surface area contributed by atoms with Crippen LogP contribution >= 0.6 is 0 Å². The van der Waals surface area contributed by atoms with E-state index in [2.05, 4.69) is 13.5 Å². The van der Waals surface area contributed by atoms with Crippen molar-refractivity contribution in [1.29, 1.82) is 0 Å². The summed E-state index contributed by atoms with van der Waals surface area (Å²) in [6.07, 6.45) is 3.66. The molecule has 2 atom stereocenters. The minimum atomic E-state index is -0.575. The van der Waals surface area contributed by atoms with Crippen molar-refractivity contribution in [3.8, 4) is 0 Å². The Morgan fingerprint density at radius 2 is 1.85 bits per heavy atom. The highest BCUT2D eigenvalue weighted by atomic mass is 16.5. The van der Waals surface area contributed by atoms with Crippen LogP contribution in [-0.2, 0) is 19.7 Å². The molecule has 3 rings (SSSR count). The van der Waals surface area contributed by atoms with Crippen LogP contribution in [0.5, 0.6) is 0 Å². The van der Waals surface area contributed by atoms with Crippen LogP contribution in [0.25, 0.3) is 0 Å². The molecular formula is C22H30N2O3. The van der Waals surface area contributed by atoms with Gasteiger partial charge in [0.05, 0.1) is 17.6 Å². The van der Waals surface area contributed by atoms with Crippen LogP contribution in [0.2, 0.25) is 0 Å². The Hall–Kier alpha value is -2.14. The lowest BCUT2D eigenvalue weighted by Gasteiger charge is -2.46. The molecular weight excluding hydrogens is 340 g/mol. The molecule has 2 aliphatic heterocycles. The van der Waals surface area contributed by atoms with Gasteiger partial charge in [-0.25, -0.2) is 0 Å². The van der Waals surface area contributed by atoms with Crippen LogP contribution < -0.4 is 0 Å². The number of carbonyl (C=O) groups is 2. The van der Waals surface area contributed by atoms with Crippen molar-refractivity contribution in [2.24, 2.45) is 0 Å². The number of likely N-dealkylation sites (tertiary alicyclic amines) is 1. The third-order valence-corrected chi connectivity index (χ3v) is 5.91. The molecule has 0 N–H and O–H groups in total. The van der Waals surface area contributed by atoms with Crippen LogP contribution in [0, 0.1) is 0 Å². The van der Waals surface area contributed by atoms with Crippen LogP contribution in [0.3, 0.4) is 0 Å². The molecule has 1 aromatic rings. The predicted octanol–water partition coefficient (Wildman–Crippen LogP) is 2.76.